The smallest absolute Gasteiger partial charge is 0.248 e. The van der Waals surface area contributed by atoms with Crippen LogP contribution >= 0.6 is 0 Å². The molecule has 4 nitrogen and oxygen atoms in total. The highest BCUT2D eigenvalue weighted by atomic mass is 16.5. The Morgan fingerprint density at radius 2 is 1.95 bits per heavy atom. The van der Waals surface area contributed by atoms with E-state index >= 15 is 0 Å². The number of para-hydroxylation sites is 1. The summed E-state index contributed by atoms with van der Waals surface area (Å²) in [6.45, 7) is 1.27. The normalized spacial score (nSPS) is 19.1. The first-order valence-corrected chi connectivity index (χ1v) is 7.88. The van der Waals surface area contributed by atoms with E-state index in [0.29, 0.717) is 25.5 Å². The fourth-order valence-electron chi connectivity index (χ4n) is 3.07. The molecule has 0 aromatic heterocycles. The first kappa shape index (κ1) is 14.1. The average molecular weight is 286 g/mol. The summed E-state index contributed by atoms with van der Waals surface area (Å²) in [4.78, 5) is 12.0. The third kappa shape index (κ3) is 3.63. The Balaban J connectivity index is 1.43. The van der Waals surface area contributed by atoms with Crippen molar-refractivity contribution in [3.05, 3.63) is 30.3 Å². The molecule has 3 rings (SSSR count). The SMILES string of the molecule is O=C1CC(C2CCCC2)=NN1CCCOc1ccccc1. The highest BCUT2D eigenvalue weighted by Gasteiger charge is 2.30. The summed E-state index contributed by atoms with van der Waals surface area (Å²) in [7, 11) is 0. The van der Waals surface area contributed by atoms with Crippen molar-refractivity contribution < 1.29 is 9.53 Å². The predicted molar refractivity (Wildman–Crippen MR) is 82.3 cm³/mol. The van der Waals surface area contributed by atoms with E-state index in [0.717, 1.165) is 17.9 Å². The molecule has 1 amide bonds. The number of hydrogen-bond acceptors (Lipinski definition) is 3. The van der Waals surface area contributed by atoms with Crippen LogP contribution in [-0.2, 0) is 4.79 Å². The van der Waals surface area contributed by atoms with E-state index < -0.39 is 0 Å². The van der Waals surface area contributed by atoms with Gasteiger partial charge in [0.2, 0.25) is 5.91 Å². The Hall–Kier alpha value is -1.84. The van der Waals surface area contributed by atoms with Crippen molar-refractivity contribution in [3.8, 4) is 5.75 Å². The van der Waals surface area contributed by atoms with Crippen molar-refractivity contribution in [1.82, 2.24) is 5.01 Å². The van der Waals surface area contributed by atoms with E-state index in [1.807, 2.05) is 30.3 Å². The van der Waals surface area contributed by atoms with Crippen LogP contribution in [0, 0.1) is 5.92 Å². The molecular weight excluding hydrogens is 264 g/mol. The van der Waals surface area contributed by atoms with Gasteiger partial charge < -0.3 is 4.74 Å². The van der Waals surface area contributed by atoms with E-state index in [1.54, 1.807) is 5.01 Å². The molecule has 21 heavy (non-hydrogen) atoms. The van der Waals surface area contributed by atoms with Crippen LogP contribution in [0.4, 0.5) is 0 Å². The predicted octanol–water partition coefficient (Wildman–Crippen LogP) is 3.23. The zero-order valence-electron chi connectivity index (χ0n) is 12.3. The first-order valence-electron chi connectivity index (χ1n) is 7.88. The Bertz CT molecular complexity index is 507. The lowest BCUT2D eigenvalue weighted by molar-refractivity contribution is -0.128. The van der Waals surface area contributed by atoms with Gasteiger partial charge in [-0.25, -0.2) is 5.01 Å². The minimum absolute atomic E-state index is 0.150. The zero-order valence-corrected chi connectivity index (χ0v) is 12.3. The number of nitrogens with zero attached hydrogens (tertiary/aromatic N) is 2. The van der Waals surface area contributed by atoms with Gasteiger partial charge in [0.1, 0.15) is 5.75 Å². The summed E-state index contributed by atoms with van der Waals surface area (Å²) in [5.41, 5.74) is 1.11. The number of carbonyl (C=O) groups excluding carboxylic acids is 1. The van der Waals surface area contributed by atoms with Gasteiger partial charge in [0.25, 0.3) is 0 Å². The molecule has 0 atom stereocenters. The third-order valence-corrected chi connectivity index (χ3v) is 4.22. The Morgan fingerprint density at radius 3 is 2.71 bits per heavy atom. The van der Waals surface area contributed by atoms with Gasteiger partial charge in [-0.2, -0.15) is 5.10 Å². The second kappa shape index (κ2) is 6.74. The summed E-state index contributed by atoms with van der Waals surface area (Å²) >= 11 is 0. The fraction of sp³-hybridized carbons (Fsp3) is 0.529. The molecular formula is C17H22N2O2. The van der Waals surface area contributed by atoms with Gasteiger partial charge in [-0.05, 0) is 30.9 Å². The molecule has 0 saturated heterocycles. The van der Waals surface area contributed by atoms with Crippen LogP contribution in [0.15, 0.2) is 35.4 Å². The molecule has 1 aromatic rings. The van der Waals surface area contributed by atoms with Crippen LogP contribution in [0.1, 0.15) is 38.5 Å². The monoisotopic (exact) mass is 286 g/mol. The number of benzene rings is 1. The van der Waals surface area contributed by atoms with Crippen molar-refractivity contribution in [1.29, 1.82) is 0 Å². The van der Waals surface area contributed by atoms with E-state index in [4.69, 9.17) is 4.74 Å². The van der Waals surface area contributed by atoms with Gasteiger partial charge in [-0.3, -0.25) is 4.79 Å². The van der Waals surface area contributed by atoms with Crippen molar-refractivity contribution in [3.63, 3.8) is 0 Å². The van der Waals surface area contributed by atoms with E-state index in [2.05, 4.69) is 5.10 Å². The standard InChI is InChI=1S/C17H22N2O2/c20-17-13-16(14-7-4-5-8-14)18-19(17)11-6-12-21-15-9-2-1-3-10-15/h1-3,9-10,14H,4-8,11-13H2. The summed E-state index contributed by atoms with van der Waals surface area (Å²) in [5.74, 6) is 1.58. The van der Waals surface area contributed by atoms with Gasteiger partial charge in [-0.1, -0.05) is 31.0 Å². The summed E-state index contributed by atoms with van der Waals surface area (Å²) in [6.07, 6.45) is 6.31. The second-order valence-corrected chi connectivity index (χ2v) is 5.78. The highest BCUT2D eigenvalue weighted by molar-refractivity contribution is 6.06. The van der Waals surface area contributed by atoms with E-state index in [-0.39, 0.29) is 5.91 Å². The molecule has 0 spiro atoms. The van der Waals surface area contributed by atoms with Crippen LogP contribution in [0.5, 0.6) is 5.75 Å². The Morgan fingerprint density at radius 1 is 1.19 bits per heavy atom. The van der Waals surface area contributed by atoms with Crippen LogP contribution in [0.25, 0.3) is 0 Å². The number of hydrogen-bond donors (Lipinski definition) is 0. The largest absolute Gasteiger partial charge is 0.494 e. The second-order valence-electron chi connectivity index (χ2n) is 5.78. The fourth-order valence-corrected chi connectivity index (χ4v) is 3.07. The molecule has 4 heteroatoms. The van der Waals surface area contributed by atoms with E-state index in [9.17, 15) is 4.79 Å². The lowest BCUT2D eigenvalue weighted by Gasteiger charge is -2.12. The van der Waals surface area contributed by atoms with Gasteiger partial charge in [-0.15, -0.1) is 0 Å². The molecule has 0 radical (unpaired) electrons. The maximum absolute atomic E-state index is 12.0. The molecule has 1 aliphatic heterocycles. The number of amides is 1. The van der Waals surface area contributed by atoms with Crippen molar-refractivity contribution in [2.45, 2.75) is 38.5 Å². The quantitative estimate of drug-likeness (QED) is 0.753. The maximum atomic E-state index is 12.0. The number of carbonyl (C=O) groups is 1. The third-order valence-electron chi connectivity index (χ3n) is 4.22. The molecule has 1 aromatic carbocycles. The molecule has 1 saturated carbocycles. The van der Waals surface area contributed by atoms with E-state index in [1.165, 1.54) is 25.7 Å². The summed E-state index contributed by atoms with van der Waals surface area (Å²) in [6, 6.07) is 9.76. The summed E-state index contributed by atoms with van der Waals surface area (Å²) < 4.78 is 5.64. The molecule has 0 bridgehead atoms. The first-order chi connectivity index (χ1) is 10.3. The van der Waals surface area contributed by atoms with Crippen molar-refractivity contribution in [2.24, 2.45) is 11.0 Å². The molecule has 2 aliphatic rings. The topological polar surface area (TPSA) is 41.9 Å². The Labute approximate surface area is 125 Å². The number of hydrazone groups is 1. The molecule has 0 N–H and O–H groups in total. The molecule has 1 heterocycles. The van der Waals surface area contributed by atoms with Crippen LogP contribution < -0.4 is 4.74 Å². The van der Waals surface area contributed by atoms with Crippen molar-refractivity contribution >= 4 is 11.6 Å². The molecule has 1 aliphatic carbocycles. The van der Waals surface area contributed by atoms with Crippen LogP contribution in [0.2, 0.25) is 0 Å². The van der Waals surface area contributed by atoms with Crippen LogP contribution in [-0.4, -0.2) is 29.8 Å². The minimum Gasteiger partial charge on any atom is -0.494 e. The molecule has 112 valence electrons. The van der Waals surface area contributed by atoms with Gasteiger partial charge >= 0.3 is 0 Å². The molecule has 0 unspecified atom stereocenters. The average Bonchev–Trinajstić information content (AvgIpc) is 3.15. The number of rotatable bonds is 6. The Kier molecular flexibility index (Phi) is 4.53. The lowest BCUT2D eigenvalue weighted by atomic mass is 10.00. The van der Waals surface area contributed by atoms with Gasteiger partial charge in [0, 0.05) is 13.0 Å². The summed E-state index contributed by atoms with van der Waals surface area (Å²) in [5, 5.41) is 6.18. The highest BCUT2D eigenvalue weighted by Crippen LogP contribution is 2.29. The van der Waals surface area contributed by atoms with Crippen LogP contribution in [0.3, 0.4) is 0 Å². The zero-order chi connectivity index (χ0) is 14.5. The van der Waals surface area contributed by atoms with Gasteiger partial charge in [0.05, 0.1) is 18.7 Å². The number of ether oxygens (including phenoxy) is 1. The van der Waals surface area contributed by atoms with Crippen molar-refractivity contribution in [2.75, 3.05) is 13.2 Å². The van der Waals surface area contributed by atoms with Gasteiger partial charge in [0.15, 0.2) is 0 Å². The minimum atomic E-state index is 0.150. The molecule has 1 fully saturated rings. The lowest BCUT2D eigenvalue weighted by Crippen LogP contribution is -2.23. The maximum Gasteiger partial charge on any atom is 0.248 e.